The van der Waals surface area contributed by atoms with Crippen LogP contribution in [0.2, 0.25) is 0 Å². The molecular formula is C9H13N3O2. The lowest BCUT2D eigenvalue weighted by Gasteiger charge is -2.13. The van der Waals surface area contributed by atoms with Crippen LogP contribution in [0.25, 0.3) is 0 Å². The van der Waals surface area contributed by atoms with E-state index >= 15 is 0 Å². The highest BCUT2D eigenvalue weighted by molar-refractivity contribution is 5.80. The summed E-state index contributed by atoms with van der Waals surface area (Å²) in [4.78, 5) is 15.0. The molecule has 5 nitrogen and oxygen atoms in total. The minimum Gasteiger partial charge on any atom is -0.477 e. The molecule has 0 saturated heterocycles. The number of ether oxygens (including phenoxy) is 1. The normalized spacial score (nSPS) is 11.9. The Morgan fingerprint density at radius 3 is 3.00 bits per heavy atom. The van der Waals surface area contributed by atoms with Gasteiger partial charge in [0.2, 0.25) is 0 Å². The maximum Gasteiger partial charge on any atom is 0.260 e. The van der Waals surface area contributed by atoms with Crippen LogP contribution < -0.4 is 15.8 Å². The van der Waals surface area contributed by atoms with Gasteiger partial charge in [0, 0.05) is 13.2 Å². The van der Waals surface area contributed by atoms with E-state index in [1.165, 1.54) is 0 Å². The van der Waals surface area contributed by atoms with Gasteiger partial charge in [-0.05, 0) is 19.1 Å². The number of nitrogen functional groups attached to an aromatic ring is 1. The van der Waals surface area contributed by atoms with Gasteiger partial charge in [0.15, 0.2) is 17.7 Å². The van der Waals surface area contributed by atoms with Crippen molar-refractivity contribution in [2.24, 2.45) is 0 Å². The van der Waals surface area contributed by atoms with E-state index < -0.39 is 6.10 Å². The van der Waals surface area contributed by atoms with Gasteiger partial charge in [-0.15, -0.1) is 0 Å². The van der Waals surface area contributed by atoms with Gasteiger partial charge in [-0.25, -0.2) is 4.98 Å². The van der Waals surface area contributed by atoms with Crippen LogP contribution in [0.15, 0.2) is 18.3 Å². The standard InChI is InChI=1S/C9H13N3O2/c1-6(9(13)11-2)14-7-4-3-5-12-8(7)10/h3-6H,1-2H3,(H2,10,12)(H,11,13). The van der Waals surface area contributed by atoms with Crippen LogP contribution in [-0.4, -0.2) is 24.0 Å². The van der Waals surface area contributed by atoms with E-state index in [2.05, 4.69) is 10.3 Å². The van der Waals surface area contributed by atoms with Crippen LogP contribution in [0.3, 0.4) is 0 Å². The molecule has 0 fully saturated rings. The quantitative estimate of drug-likeness (QED) is 0.721. The van der Waals surface area contributed by atoms with Crippen molar-refractivity contribution in [3.05, 3.63) is 18.3 Å². The van der Waals surface area contributed by atoms with Gasteiger partial charge >= 0.3 is 0 Å². The molecule has 3 N–H and O–H groups in total. The zero-order valence-corrected chi connectivity index (χ0v) is 8.15. The summed E-state index contributed by atoms with van der Waals surface area (Å²) in [6.45, 7) is 1.64. The molecule has 0 aliphatic heterocycles. The molecule has 76 valence electrons. The van der Waals surface area contributed by atoms with E-state index in [1.54, 1.807) is 32.3 Å². The first-order chi connectivity index (χ1) is 6.65. The van der Waals surface area contributed by atoms with Gasteiger partial charge in [-0.2, -0.15) is 0 Å². The number of nitrogens with one attached hydrogen (secondary N) is 1. The number of carbonyl (C=O) groups excluding carboxylic acids is 1. The minimum absolute atomic E-state index is 0.201. The average Bonchev–Trinajstić information content (AvgIpc) is 2.20. The van der Waals surface area contributed by atoms with Crippen molar-refractivity contribution in [3.63, 3.8) is 0 Å². The van der Waals surface area contributed by atoms with E-state index in [0.29, 0.717) is 5.75 Å². The Kier molecular flexibility index (Phi) is 3.28. The topological polar surface area (TPSA) is 77.2 Å². The third kappa shape index (κ3) is 2.35. The van der Waals surface area contributed by atoms with Crippen molar-refractivity contribution >= 4 is 11.7 Å². The predicted molar refractivity (Wildman–Crippen MR) is 52.8 cm³/mol. The summed E-state index contributed by atoms with van der Waals surface area (Å²) in [5.41, 5.74) is 5.54. The molecule has 0 bridgehead atoms. The van der Waals surface area contributed by atoms with E-state index in [4.69, 9.17) is 10.5 Å². The molecule has 5 heteroatoms. The van der Waals surface area contributed by atoms with Crippen LogP contribution in [0, 0.1) is 0 Å². The second-order valence-corrected chi connectivity index (χ2v) is 2.76. The maximum atomic E-state index is 11.1. The lowest BCUT2D eigenvalue weighted by molar-refractivity contribution is -0.126. The number of nitrogens with two attached hydrogens (primary N) is 1. The molecule has 1 heterocycles. The molecule has 0 saturated carbocycles. The number of aromatic nitrogens is 1. The van der Waals surface area contributed by atoms with Crippen LogP contribution in [0.5, 0.6) is 5.75 Å². The molecule has 0 spiro atoms. The number of pyridine rings is 1. The summed E-state index contributed by atoms with van der Waals surface area (Å²) in [5.74, 6) is 0.500. The Hall–Kier alpha value is -1.78. The molecular weight excluding hydrogens is 182 g/mol. The number of rotatable bonds is 3. The highest BCUT2D eigenvalue weighted by Crippen LogP contribution is 2.18. The number of carbonyl (C=O) groups is 1. The Morgan fingerprint density at radius 1 is 1.71 bits per heavy atom. The number of hydrogen-bond acceptors (Lipinski definition) is 4. The molecule has 1 atom stereocenters. The van der Waals surface area contributed by atoms with Crippen LogP contribution in [-0.2, 0) is 4.79 Å². The molecule has 14 heavy (non-hydrogen) atoms. The summed E-state index contributed by atoms with van der Waals surface area (Å²) in [6.07, 6.45) is 0.985. The van der Waals surface area contributed by atoms with Gasteiger partial charge in [-0.3, -0.25) is 4.79 Å². The summed E-state index contributed by atoms with van der Waals surface area (Å²) < 4.78 is 5.30. The first-order valence-electron chi connectivity index (χ1n) is 4.24. The predicted octanol–water partition coefficient (Wildman–Crippen LogP) is 0.177. The highest BCUT2D eigenvalue weighted by atomic mass is 16.5. The van der Waals surface area contributed by atoms with Gasteiger partial charge in [0.1, 0.15) is 0 Å². The largest absolute Gasteiger partial charge is 0.477 e. The monoisotopic (exact) mass is 195 g/mol. The van der Waals surface area contributed by atoms with Crippen molar-refractivity contribution in [1.82, 2.24) is 10.3 Å². The lowest BCUT2D eigenvalue weighted by atomic mass is 10.3. The fraction of sp³-hybridized carbons (Fsp3) is 0.333. The van der Waals surface area contributed by atoms with E-state index in [-0.39, 0.29) is 11.7 Å². The van der Waals surface area contributed by atoms with E-state index in [1.807, 2.05) is 0 Å². The number of nitrogens with zero attached hydrogens (tertiary/aromatic N) is 1. The van der Waals surface area contributed by atoms with Crippen molar-refractivity contribution in [2.45, 2.75) is 13.0 Å². The van der Waals surface area contributed by atoms with Gasteiger partial charge < -0.3 is 15.8 Å². The molecule has 1 amide bonds. The second-order valence-electron chi connectivity index (χ2n) is 2.76. The third-order valence-corrected chi connectivity index (χ3v) is 1.72. The van der Waals surface area contributed by atoms with E-state index in [9.17, 15) is 4.79 Å². The average molecular weight is 195 g/mol. The molecule has 1 aromatic heterocycles. The Labute approximate surface area is 82.3 Å². The second kappa shape index (κ2) is 4.45. The number of hydrogen-bond donors (Lipinski definition) is 2. The van der Waals surface area contributed by atoms with Gasteiger partial charge in [0.05, 0.1) is 0 Å². The summed E-state index contributed by atoms with van der Waals surface area (Å²) in [5, 5.41) is 2.48. The Morgan fingerprint density at radius 2 is 2.43 bits per heavy atom. The SMILES string of the molecule is CNC(=O)C(C)Oc1cccnc1N. The Bertz CT molecular complexity index is 328. The molecule has 0 aromatic carbocycles. The summed E-state index contributed by atoms with van der Waals surface area (Å²) >= 11 is 0. The zero-order valence-electron chi connectivity index (χ0n) is 8.15. The van der Waals surface area contributed by atoms with Crippen molar-refractivity contribution in [3.8, 4) is 5.75 Å². The zero-order chi connectivity index (χ0) is 10.6. The fourth-order valence-electron chi connectivity index (χ4n) is 0.950. The first-order valence-corrected chi connectivity index (χ1v) is 4.24. The third-order valence-electron chi connectivity index (χ3n) is 1.72. The lowest BCUT2D eigenvalue weighted by Crippen LogP contribution is -2.33. The number of amides is 1. The molecule has 0 radical (unpaired) electrons. The summed E-state index contributed by atoms with van der Waals surface area (Å²) in [7, 11) is 1.55. The maximum absolute atomic E-state index is 11.1. The molecule has 1 rings (SSSR count). The van der Waals surface area contributed by atoms with Crippen molar-refractivity contribution in [2.75, 3.05) is 12.8 Å². The smallest absolute Gasteiger partial charge is 0.260 e. The fourth-order valence-corrected chi connectivity index (χ4v) is 0.950. The minimum atomic E-state index is -0.577. The number of likely N-dealkylation sites (N-methyl/N-ethyl adjacent to an activating group) is 1. The first kappa shape index (κ1) is 10.3. The van der Waals surface area contributed by atoms with E-state index in [0.717, 1.165) is 0 Å². The molecule has 1 unspecified atom stereocenters. The van der Waals surface area contributed by atoms with Crippen LogP contribution in [0.1, 0.15) is 6.92 Å². The van der Waals surface area contributed by atoms with Gasteiger partial charge in [0.25, 0.3) is 5.91 Å². The van der Waals surface area contributed by atoms with Crippen molar-refractivity contribution in [1.29, 1.82) is 0 Å². The Balaban J connectivity index is 2.69. The molecule has 0 aliphatic rings. The van der Waals surface area contributed by atoms with Gasteiger partial charge in [-0.1, -0.05) is 0 Å². The van der Waals surface area contributed by atoms with Crippen molar-refractivity contribution < 1.29 is 9.53 Å². The van der Waals surface area contributed by atoms with Crippen LogP contribution in [0.4, 0.5) is 5.82 Å². The van der Waals surface area contributed by atoms with Crippen LogP contribution >= 0.6 is 0 Å². The number of anilines is 1. The molecule has 0 aliphatic carbocycles. The highest BCUT2D eigenvalue weighted by Gasteiger charge is 2.13. The summed E-state index contributed by atoms with van der Waals surface area (Å²) in [6, 6.07) is 3.37. The molecule has 1 aromatic rings.